The molecule has 0 aliphatic heterocycles. The minimum atomic E-state index is -0.227. The average Bonchev–Trinajstić information content (AvgIpc) is 2.93. The smallest absolute Gasteiger partial charge is 0.269 e. The second kappa shape index (κ2) is 7.12. The van der Waals surface area contributed by atoms with Gasteiger partial charge < -0.3 is 14.8 Å². The standard InChI is InChI=1S/C18H22N4O/c1-13-5-6-14(2)16(11-13)22-9-7-15(12-19)17(22)18(23)20-8-10-21(3)4/h5-7,9,11H,8,10H2,1-4H3,(H,20,23). The number of carbonyl (C=O) groups excluding carboxylic acids is 1. The van der Waals surface area contributed by atoms with Crippen LogP contribution in [0.5, 0.6) is 0 Å². The highest BCUT2D eigenvalue weighted by Crippen LogP contribution is 2.21. The number of rotatable bonds is 5. The van der Waals surface area contributed by atoms with E-state index >= 15 is 0 Å². The van der Waals surface area contributed by atoms with Gasteiger partial charge in [0.05, 0.1) is 5.56 Å². The van der Waals surface area contributed by atoms with Crippen LogP contribution in [0.15, 0.2) is 30.5 Å². The molecule has 2 rings (SSSR count). The molecule has 1 amide bonds. The molecular weight excluding hydrogens is 288 g/mol. The summed E-state index contributed by atoms with van der Waals surface area (Å²) in [6.07, 6.45) is 1.78. The normalized spacial score (nSPS) is 10.6. The Kier molecular flexibility index (Phi) is 5.20. The summed E-state index contributed by atoms with van der Waals surface area (Å²) in [5, 5.41) is 12.2. The van der Waals surface area contributed by atoms with Gasteiger partial charge in [0.1, 0.15) is 11.8 Å². The van der Waals surface area contributed by atoms with Gasteiger partial charge in [-0.05, 0) is 51.2 Å². The summed E-state index contributed by atoms with van der Waals surface area (Å²) in [7, 11) is 3.90. The van der Waals surface area contributed by atoms with E-state index in [9.17, 15) is 10.1 Å². The Morgan fingerprint density at radius 1 is 1.30 bits per heavy atom. The topological polar surface area (TPSA) is 61.1 Å². The molecule has 0 fully saturated rings. The fourth-order valence-electron chi connectivity index (χ4n) is 2.41. The number of nitrogens with zero attached hydrogens (tertiary/aromatic N) is 3. The zero-order valence-electron chi connectivity index (χ0n) is 14.1. The lowest BCUT2D eigenvalue weighted by atomic mass is 10.1. The molecule has 0 bridgehead atoms. The summed E-state index contributed by atoms with van der Waals surface area (Å²) >= 11 is 0. The molecule has 2 aromatic rings. The van der Waals surface area contributed by atoms with Crippen LogP contribution in [-0.4, -0.2) is 42.6 Å². The van der Waals surface area contributed by atoms with E-state index in [0.29, 0.717) is 17.8 Å². The van der Waals surface area contributed by atoms with Crippen LogP contribution in [0.3, 0.4) is 0 Å². The van der Waals surface area contributed by atoms with Crippen LogP contribution in [0.2, 0.25) is 0 Å². The summed E-state index contributed by atoms with van der Waals surface area (Å²) in [6.45, 7) is 5.29. The van der Waals surface area contributed by atoms with E-state index in [4.69, 9.17) is 0 Å². The Bertz CT molecular complexity index is 753. The first-order valence-electron chi connectivity index (χ1n) is 7.56. The highest BCUT2D eigenvalue weighted by molar-refractivity contribution is 5.96. The van der Waals surface area contributed by atoms with Gasteiger partial charge in [-0.2, -0.15) is 5.26 Å². The van der Waals surface area contributed by atoms with Gasteiger partial charge >= 0.3 is 0 Å². The van der Waals surface area contributed by atoms with Gasteiger partial charge in [0, 0.05) is 25.0 Å². The van der Waals surface area contributed by atoms with Gasteiger partial charge in [-0.1, -0.05) is 12.1 Å². The Morgan fingerprint density at radius 3 is 2.70 bits per heavy atom. The fraction of sp³-hybridized carbons (Fsp3) is 0.333. The van der Waals surface area contributed by atoms with Gasteiger partial charge in [-0.15, -0.1) is 0 Å². The van der Waals surface area contributed by atoms with Crippen LogP contribution in [0.25, 0.3) is 5.69 Å². The maximum absolute atomic E-state index is 12.6. The van der Waals surface area contributed by atoms with E-state index < -0.39 is 0 Å². The Morgan fingerprint density at radius 2 is 2.04 bits per heavy atom. The molecule has 0 saturated heterocycles. The Balaban J connectivity index is 2.39. The predicted molar refractivity (Wildman–Crippen MR) is 90.8 cm³/mol. The first-order valence-corrected chi connectivity index (χ1v) is 7.56. The molecule has 5 heteroatoms. The van der Waals surface area contributed by atoms with Crippen molar-refractivity contribution in [2.45, 2.75) is 13.8 Å². The number of likely N-dealkylation sites (N-methyl/N-ethyl adjacent to an activating group) is 1. The van der Waals surface area contributed by atoms with Gasteiger partial charge in [-0.3, -0.25) is 4.79 Å². The molecule has 1 aromatic heterocycles. The van der Waals surface area contributed by atoms with Crippen LogP contribution < -0.4 is 5.32 Å². The molecular formula is C18H22N4O. The fourth-order valence-corrected chi connectivity index (χ4v) is 2.41. The molecule has 1 N–H and O–H groups in total. The number of amides is 1. The van der Waals surface area contributed by atoms with Crippen molar-refractivity contribution in [2.75, 3.05) is 27.2 Å². The highest BCUT2D eigenvalue weighted by atomic mass is 16.1. The lowest BCUT2D eigenvalue weighted by Crippen LogP contribution is -2.32. The Labute approximate surface area is 137 Å². The summed E-state index contributed by atoms with van der Waals surface area (Å²) < 4.78 is 1.80. The second-order valence-corrected chi connectivity index (χ2v) is 5.91. The number of benzene rings is 1. The number of aromatic nitrogens is 1. The minimum Gasteiger partial charge on any atom is -0.349 e. The average molecular weight is 310 g/mol. The molecule has 0 radical (unpaired) electrons. The van der Waals surface area contributed by atoms with E-state index in [2.05, 4.69) is 11.4 Å². The number of aryl methyl sites for hydroxylation is 2. The van der Waals surface area contributed by atoms with Gasteiger partial charge in [0.2, 0.25) is 0 Å². The number of hydrogen-bond donors (Lipinski definition) is 1. The maximum Gasteiger partial charge on any atom is 0.269 e. The zero-order chi connectivity index (χ0) is 17.0. The molecule has 120 valence electrons. The first kappa shape index (κ1) is 16.8. The number of nitrogens with one attached hydrogen (secondary N) is 1. The highest BCUT2D eigenvalue weighted by Gasteiger charge is 2.19. The van der Waals surface area contributed by atoms with E-state index in [1.54, 1.807) is 16.8 Å². The lowest BCUT2D eigenvalue weighted by molar-refractivity contribution is 0.0944. The SMILES string of the molecule is Cc1ccc(C)c(-n2ccc(C#N)c2C(=O)NCCN(C)C)c1. The van der Waals surface area contributed by atoms with Crippen LogP contribution >= 0.6 is 0 Å². The molecule has 0 aliphatic rings. The van der Waals surface area contributed by atoms with Crippen molar-refractivity contribution in [2.24, 2.45) is 0 Å². The predicted octanol–water partition coefficient (Wildman–Crippen LogP) is 2.26. The second-order valence-electron chi connectivity index (χ2n) is 5.91. The van der Waals surface area contributed by atoms with Crippen molar-refractivity contribution >= 4 is 5.91 Å². The van der Waals surface area contributed by atoms with Gasteiger partial charge in [0.15, 0.2) is 0 Å². The van der Waals surface area contributed by atoms with E-state index in [-0.39, 0.29) is 5.91 Å². The Hall–Kier alpha value is -2.58. The summed E-state index contributed by atoms with van der Waals surface area (Å²) in [4.78, 5) is 14.6. The van der Waals surface area contributed by atoms with E-state index in [1.807, 2.05) is 51.0 Å². The van der Waals surface area contributed by atoms with Gasteiger partial charge in [-0.25, -0.2) is 0 Å². The quantitative estimate of drug-likeness (QED) is 0.921. The monoisotopic (exact) mass is 310 g/mol. The molecule has 0 spiro atoms. The van der Waals surface area contributed by atoms with E-state index in [1.165, 1.54) is 0 Å². The zero-order valence-corrected chi connectivity index (χ0v) is 14.1. The van der Waals surface area contributed by atoms with Crippen LogP contribution in [-0.2, 0) is 0 Å². The van der Waals surface area contributed by atoms with Crippen molar-refractivity contribution in [3.05, 3.63) is 52.8 Å². The number of carbonyl (C=O) groups is 1. The summed E-state index contributed by atoms with van der Waals surface area (Å²) in [5.74, 6) is -0.227. The van der Waals surface area contributed by atoms with Crippen LogP contribution in [0.4, 0.5) is 0 Å². The molecule has 1 heterocycles. The van der Waals surface area contributed by atoms with Crippen molar-refractivity contribution in [1.29, 1.82) is 5.26 Å². The largest absolute Gasteiger partial charge is 0.349 e. The first-order chi connectivity index (χ1) is 10.9. The minimum absolute atomic E-state index is 0.227. The summed E-state index contributed by atoms with van der Waals surface area (Å²) in [5.41, 5.74) is 3.85. The van der Waals surface area contributed by atoms with Crippen LogP contribution in [0.1, 0.15) is 27.2 Å². The van der Waals surface area contributed by atoms with Crippen molar-refractivity contribution < 1.29 is 4.79 Å². The van der Waals surface area contributed by atoms with E-state index in [0.717, 1.165) is 23.4 Å². The third kappa shape index (κ3) is 3.79. The molecule has 1 aromatic carbocycles. The lowest BCUT2D eigenvalue weighted by Gasteiger charge is -2.14. The summed E-state index contributed by atoms with van der Waals surface area (Å²) in [6, 6.07) is 9.86. The maximum atomic E-state index is 12.6. The van der Waals surface area contributed by atoms with Crippen molar-refractivity contribution in [3.8, 4) is 11.8 Å². The van der Waals surface area contributed by atoms with Crippen molar-refractivity contribution in [1.82, 2.24) is 14.8 Å². The third-order valence-corrected chi connectivity index (χ3v) is 3.69. The molecule has 0 atom stereocenters. The number of nitriles is 1. The number of hydrogen-bond acceptors (Lipinski definition) is 3. The van der Waals surface area contributed by atoms with Gasteiger partial charge in [0.25, 0.3) is 5.91 Å². The van der Waals surface area contributed by atoms with Crippen molar-refractivity contribution in [3.63, 3.8) is 0 Å². The van der Waals surface area contributed by atoms with Crippen LogP contribution in [0, 0.1) is 25.2 Å². The molecule has 0 saturated carbocycles. The third-order valence-electron chi connectivity index (χ3n) is 3.69. The molecule has 5 nitrogen and oxygen atoms in total. The molecule has 0 unspecified atom stereocenters. The molecule has 0 aliphatic carbocycles. The molecule has 23 heavy (non-hydrogen) atoms.